The van der Waals surface area contributed by atoms with Gasteiger partial charge in [0.15, 0.2) is 0 Å². The number of ether oxygens (including phenoxy) is 1. The second kappa shape index (κ2) is 8.39. The van der Waals surface area contributed by atoms with Crippen LogP contribution in [0.3, 0.4) is 0 Å². The summed E-state index contributed by atoms with van der Waals surface area (Å²) < 4.78 is 5.67. The van der Waals surface area contributed by atoms with Crippen LogP contribution in [0.15, 0.2) is 42.5 Å². The van der Waals surface area contributed by atoms with Crippen LogP contribution in [0.5, 0.6) is 5.75 Å². The molecule has 0 radical (unpaired) electrons. The maximum atomic E-state index is 12.2. The smallest absolute Gasteiger partial charge is 0.315 e. The van der Waals surface area contributed by atoms with Gasteiger partial charge in [-0.3, -0.25) is 0 Å². The topological polar surface area (TPSA) is 50.4 Å². The van der Waals surface area contributed by atoms with Crippen molar-refractivity contribution in [1.29, 1.82) is 0 Å². The number of benzene rings is 2. The third kappa shape index (κ3) is 4.75. The minimum Gasteiger partial charge on any atom is -0.494 e. The molecule has 0 aromatic heterocycles. The predicted octanol–water partition coefficient (Wildman–Crippen LogP) is 4.26. The van der Waals surface area contributed by atoms with Gasteiger partial charge in [0.25, 0.3) is 0 Å². The second-order valence-electron chi connectivity index (χ2n) is 5.95. The van der Waals surface area contributed by atoms with Crippen LogP contribution in [0.2, 0.25) is 0 Å². The molecule has 0 saturated carbocycles. The summed E-state index contributed by atoms with van der Waals surface area (Å²) in [6, 6.07) is 13.7. The molecule has 4 nitrogen and oxygen atoms in total. The summed E-state index contributed by atoms with van der Waals surface area (Å²) in [4.78, 5) is 12.2. The standard InChI is InChI=1S/C20H26N2O2/c1-5-24-19-11-10-14(2)12-18(19)16(4)22-20(23)21-13-17-9-7-6-8-15(17)3/h6-12,16H,5,13H2,1-4H3,(H2,21,22,23). The van der Waals surface area contributed by atoms with Crippen molar-refractivity contribution in [2.45, 2.75) is 40.3 Å². The van der Waals surface area contributed by atoms with E-state index in [0.717, 1.165) is 22.4 Å². The van der Waals surface area contributed by atoms with Gasteiger partial charge in [-0.15, -0.1) is 0 Å². The number of aryl methyl sites for hydroxylation is 2. The molecule has 1 atom stereocenters. The second-order valence-corrected chi connectivity index (χ2v) is 5.95. The third-order valence-corrected chi connectivity index (χ3v) is 3.98. The predicted molar refractivity (Wildman–Crippen MR) is 97.3 cm³/mol. The van der Waals surface area contributed by atoms with Crippen LogP contribution < -0.4 is 15.4 Å². The van der Waals surface area contributed by atoms with E-state index in [-0.39, 0.29) is 12.1 Å². The SMILES string of the molecule is CCOc1ccc(C)cc1C(C)NC(=O)NCc1ccccc1C. The van der Waals surface area contributed by atoms with Gasteiger partial charge in [0.05, 0.1) is 12.6 Å². The van der Waals surface area contributed by atoms with Crippen LogP contribution in [0.25, 0.3) is 0 Å². The van der Waals surface area contributed by atoms with Crippen molar-refractivity contribution in [3.8, 4) is 5.75 Å². The van der Waals surface area contributed by atoms with Gasteiger partial charge < -0.3 is 15.4 Å². The first-order valence-corrected chi connectivity index (χ1v) is 8.33. The molecule has 2 amide bonds. The molecule has 0 spiro atoms. The number of hydrogen-bond acceptors (Lipinski definition) is 2. The maximum Gasteiger partial charge on any atom is 0.315 e. The van der Waals surface area contributed by atoms with E-state index in [0.29, 0.717) is 13.2 Å². The lowest BCUT2D eigenvalue weighted by atomic mass is 10.0. The lowest BCUT2D eigenvalue weighted by Gasteiger charge is -2.19. The Hall–Kier alpha value is -2.49. The highest BCUT2D eigenvalue weighted by molar-refractivity contribution is 5.74. The highest BCUT2D eigenvalue weighted by Crippen LogP contribution is 2.26. The Kier molecular flexibility index (Phi) is 6.24. The first-order valence-electron chi connectivity index (χ1n) is 8.33. The van der Waals surface area contributed by atoms with Crippen LogP contribution in [0.4, 0.5) is 4.79 Å². The van der Waals surface area contributed by atoms with Gasteiger partial charge in [0.1, 0.15) is 5.75 Å². The Morgan fingerprint density at radius 2 is 1.92 bits per heavy atom. The van der Waals surface area contributed by atoms with E-state index in [9.17, 15) is 4.79 Å². The molecule has 0 aliphatic heterocycles. The molecule has 4 heteroatoms. The lowest BCUT2D eigenvalue weighted by Crippen LogP contribution is -2.36. The molecule has 0 bridgehead atoms. The van der Waals surface area contributed by atoms with Gasteiger partial charge in [-0.1, -0.05) is 42.0 Å². The van der Waals surface area contributed by atoms with Crippen molar-refractivity contribution in [3.05, 3.63) is 64.7 Å². The summed E-state index contributed by atoms with van der Waals surface area (Å²) in [5, 5.41) is 5.90. The summed E-state index contributed by atoms with van der Waals surface area (Å²) in [6.45, 7) is 9.10. The molecule has 2 rings (SSSR count). The molecule has 2 aromatic carbocycles. The van der Waals surface area contributed by atoms with Gasteiger partial charge >= 0.3 is 6.03 Å². The number of nitrogens with one attached hydrogen (secondary N) is 2. The fourth-order valence-corrected chi connectivity index (χ4v) is 2.60. The average Bonchev–Trinajstić information content (AvgIpc) is 2.56. The summed E-state index contributed by atoms with van der Waals surface area (Å²) in [6.07, 6.45) is 0. The van der Waals surface area contributed by atoms with Crippen LogP contribution in [-0.2, 0) is 6.54 Å². The average molecular weight is 326 g/mol. The van der Waals surface area contributed by atoms with E-state index in [1.165, 1.54) is 5.56 Å². The molecule has 24 heavy (non-hydrogen) atoms. The van der Waals surface area contributed by atoms with E-state index in [1.807, 2.05) is 64.1 Å². The Morgan fingerprint density at radius 3 is 2.62 bits per heavy atom. The van der Waals surface area contributed by atoms with E-state index in [1.54, 1.807) is 0 Å². The van der Waals surface area contributed by atoms with Crippen molar-refractivity contribution in [3.63, 3.8) is 0 Å². The number of carbonyl (C=O) groups is 1. The fourth-order valence-electron chi connectivity index (χ4n) is 2.60. The number of amides is 2. The zero-order valence-electron chi connectivity index (χ0n) is 14.8. The Bertz CT molecular complexity index is 698. The van der Waals surface area contributed by atoms with Crippen LogP contribution in [0.1, 0.15) is 42.1 Å². The Morgan fingerprint density at radius 1 is 1.17 bits per heavy atom. The van der Waals surface area contributed by atoms with Gasteiger partial charge in [-0.05, 0) is 44.9 Å². The first-order chi connectivity index (χ1) is 11.5. The van der Waals surface area contributed by atoms with Crippen molar-refractivity contribution in [2.24, 2.45) is 0 Å². The monoisotopic (exact) mass is 326 g/mol. The molecule has 0 aliphatic rings. The number of urea groups is 1. The Labute approximate surface area is 144 Å². The summed E-state index contributed by atoms with van der Waals surface area (Å²) in [5.41, 5.74) is 4.42. The third-order valence-electron chi connectivity index (χ3n) is 3.98. The number of carbonyl (C=O) groups excluding carboxylic acids is 1. The normalized spacial score (nSPS) is 11.7. The molecule has 0 heterocycles. The van der Waals surface area contributed by atoms with Gasteiger partial charge in [0, 0.05) is 12.1 Å². The van der Waals surface area contributed by atoms with Crippen molar-refractivity contribution >= 4 is 6.03 Å². The van der Waals surface area contributed by atoms with E-state index in [2.05, 4.69) is 16.7 Å². The van der Waals surface area contributed by atoms with Crippen molar-refractivity contribution in [2.75, 3.05) is 6.61 Å². The summed E-state index contributed by atoms with van der Waals surface area (Å²) in [7, 11) is 0. The van der Waals surface area contributed by atoms with Crippen LogP contribution >= 0.6 is 0 Å². The van der Waals surface area contributed by atoms with Gasteiger partial charge in [0.2, 0.25) is 0 Å². The largest absolute Gasteiger partial charge is 0.494 e. The molecule has 0 fully saturated rings. The van der Waals surface area contributed by atoms with Gasteiger partial charge in [-0.2, -0.15) is 0 Å². The highest BCUT2D eigenvalue weighted by atomic mass is 16.5. The Balaban J connectivity index is 1.99. The quantitative estimate of drug-likeness (QED) is 0.833. The van der Waals surface area contributed by atoms with Crippen molar-refractivity contribution < 1.29 is 9.53 Å². The zero-order chi connectivity index (χ0) is 17.5. The minimum atomic E-state index is -0.185. The minimum absolute atomic E-state index is 0.136. The van der Waals surface area contributed by atoms with Crippen molar-refractivity contribution in [1.82, 2.24) is 10.6 Å². The van der Waals surface area contributed by atoms with E-state index in [4.69, 9.17) is 4.74 Å². The molecular formula is C20H26N2O2. The zero-order valence-corrected chi connectivity index (χ0v) is 14.8. The first kappa shape index (κ1) is 17.9. The fraction of sp³-hybridized carbons (Fsp3) is 0.350. The van der Waals surface area contributed by atoms with Gasteiger partial charge in [-0.25, -0.2) is 4.79 Å². The maximum absolute atomic E-state index is 12.2. The molecule has 128 valence electrons. The molecule has 0 saturated heterocycles. The highest BCUT2D eigenvalue weighted by Gasteiger charge is 2.14. The molecule has 2 N–H and O–H groups in total. The lowest BCUT2D eigenvalue weighted by molar-refractivity contribution is 0.237. The molecule has 0 aliphatic carbocycles. The van der Waals surface area contributed by atoms with Crippen LogP contribution in [0, 0.1) is 13.8 Å². The number of hydrogen-bond donors (Lipinski definition) is 2. The summed E-state index contributed by atoms with van der Waals surface area (Å²) >= 11 is 0. The molecule has 2 aromatic rings. The van der Waals surface area contributed by atoms with E-state index < -0.39 is 0 Å². The number of rotatable bonds is 6. The summed E-state index contributed by atoms with van der Waals surface area (Å²) in [5.74, 6) is 0.815. The van der Waals surface area contributed by atoms with Crippen LogP contribution in [-0.4, -0.2) is 12.6 Å². The molecule has 1 unspecified atom stereocenters. The molecular weight excluding hydrogens is 300 g/mol. The van der Waals surface area contributed by atoms with E-state index >= 15 is 0 Å².